The van der Waals surface area contributed by atoms with Gasteiger partial charge in [0, 0.05) is 18.6 Å². The zero-order valence-corrected chi connectivity index (χ0v) is 14.5. The molecular weight excluding hydrogens is 334 g/mol. The molecule has 3 rings (SSSR count). The van der Waals surface area contributed by atoms with E-state index in [0.717, 1.165) is 0 Å². The lowest BCUT2D eigenvalue weighted by atomic mass is 10.1. The second-order valence-electron chi connectivity index (χ2n) is 6.19. The van der Waals surface area contributed by atoms with Gasteiger partial charge in [-0.2, -0.15) is 5.10 Å². The van der Waals surface area contributed by atoms with Crippen LogP contribution in [0.4, 0.5) is 5.69 Å². The lowest BCUT2D eigenvalue weighted by Crippen LogP contribution is -2.44. The van der Waals surface area contributed by atoms with E-state index in [0.29, 0.717) is 23.6 Å². The van der Waals surface area contributed by atoms with Crippen LogP contribution in [0.5, 0.6) is 0 Å². The molecule has 3 heterocycles. The molecule has 26 heavy (non-hydrogen) atoms. The summed E-state index contributed by atoms with van der Waals surface area (Å²) in [6.45, 7) is 3.77. The molecule has 0 saturated heterocycles. The van der Waals surface area contributed by atoms with Crippen LogP contribution in [0, 0.1) is 0 Å². The van der Waals surface area contributed by atoms with Gasteiger partial charge in [-0.05, 0) is 38.1 Å². The zero-order valence-electron chi connectivity index (χ0n) is 14.5. The van der Waals surface area contributed by atoms with Gasteiger partial charge in [0.15, 0.2) is 0 Å². The fourth-order valence-corrected chi connectivity index (χ4v) is 2.29. The number of carbonyl (C=O) groups is 2. The summed E-state index contributed by atoms with van der Waals surface area (Å²) in [6, 6.07) is 6.90. The first kappa shape index (κ1) is 17.4. The van der Waals surface area contributed by atoms with E-state index in [2.05, 4.69) is 20.7 Å². The molecule has 0 saturated carbocycles. The second-order valence-corrected chi connectivity index (χ2v) is 6.19. The molecule has 8 heteroatoms. The monoisotopic (exact) mass is 353 g/mol. The fourth-order valence-electron chi connectivity index (χ4n) is 2.29. The van der Waals surface area contributed by atoms with Crippen molar-refractivity contribution in [2.45, 2.75) is 25.9 Å². The molecule has 2 amide bonds. The number of anilines is 1. The third-order valence-corrected chi connectivity index (χ3v) is 3.90. The maximum absolute atomic E-state index is 12.5. The van der Waals surface area contributed by atoms with Gasteiger partial charge in [-0.3, -0.25) is 19.3 Å². The Morgan fingerprint density at radius 1 is 1.23 bits per heavy atom. The summed E-state index contributed by atoms with van der Waals surface area (Å²) in [5.74, 6) is 0.152. The number of hydrogen-bond acceptors (Lipinski definition) is 5. The van der Waals surface area contributed by atoms with E-state index in [9.17, 15) is 9.59 Å². The van der Waals surface area contributed by atoms with Crippen LogP contribution in [0.3, 0.4) is 0 Å². The van der Waals surface area contributed by atoms with Gasteiger partial charge < -0.3 is 15.1 Å². The van der Waals surface area contributed by atoms with E-state index in [1.54, 1.807) is 56.8 Å². The van der Waals surface area contributed by atoms with Gasteiger partial charge >= 0.3 is 0 Å². The molecule has 0 atom stereocenters. The van der Waals surface area contributed by atoms with Crippen LogP contribution >= 0.6 is 0 Å². The number of amides is 2. The lowest BCUT2D eigenvalue weighted by Gasteiger charge is -2.23. The van der Waals surface area contributed by atoms with Gasteiger partial charge in [-0.15, -0.1) is 0 Å². The predicted molar refractivity (Wildman–Crippen MR) is 94.3 cm³/mol. The average Bonchev–Trinajstić information content (AvgIpc) is 3.32. The van der Waals surface area contributed by atoms with Gasteiger partial charge in [0.2, 0.25) is 5.91 Å². The molecule has 134 valence electrons. The van der Waals surface area contributed by atoms with Crippen molar-refractivity contribution in [2.75, 3.05) is 5.32 Å². The van der Waals surface area contributed by atoms with Crippen LogP contribution in [0.1, 0.15) is 30.0 Å². The lowest BCUT2D eigenvalue weighted by molar-refractivity contribution is -0.129. The number of nitrogens with zero attached hydrogens (tertiary/aromatic N) is 3. The Hall–Kier alpha value is -3.42. The average molecular weight is 353 g/mol. The van der Waals surface area contributed by atoms with E-state index in [4.69, 9.17) is 4.42 Å². The number of nitrogens with one attached hydrogen (secondary N) is 2. The Labute approximate surface area is 150 Å². The first-order valence-corrected chi connectivity index (χ1v) is 8.04. The first-order chi connectivity index (χ1) is 12.5. The molecule has 0 unspecified atom stereocenters. The Kier molecular flexibility index (Phi) is 4.83. The topological polar surface area (TPSA) is 102 Å². The zero-order chi connectivity index (χ0) is 18.6. The molecule has 0 aromatic carbocycles. The van der Waals surface area contributed by atoms with Crippen molar-refractivity contribution in [2.24, 2.45) is 0 Å². The van der Waals surface area contributed by atoms with Crippen LogP contribution in [0.25, 0.3) is 0 Å². The number of carbonyl (C=O) groups excluding carboxylic acids is 2. The van der Waals surface area contributed by atoms with E-state index < -0.39 is 5.54 Å². The van der Waals surface area contributed by atoms with Crippen molar-refractivity contribution in [3.63, 3.8) is 0 Å². The number of pyridine rings is 1. The summed E-state index contributed by atoms with van der Waals surface area (Å²) in [4.78, 5) is 28.6. The van der Waals surface area contributed by atoms with E-state index in [1.807, 2.05) is 0 Å². The molecular formula is C18H19N5O3. The van der Waals surface area contributed by atoms with Crippen LogP contribution < -0.4 is 10.6 Å². The molecule has 2 N–H and O–H groups in total. The SMILES string of the molecule is CC(C)(C(=O)NCc1ccco1)n1cc(NC(=O)c2cccnc2)cn1. The van der Waals surface area contributed by atoms with Gasteiger partial charge in [0.25, 0.3) is 5.91 Å². The van der Waals surface area contributed by atoms with Crippen LogP contribution in [0.15, 0.2) is 59.7 Å². The summed E-state index contributed by atoms with van der Waals surface area (Å²) < 4.78 is 6.71. The predicted octanol–water partition coefficient (Wildman–Crippen LogP) is 2.17. The minimum absolute atomic E-state index is 0.220. The molecule has 0 radical (unpaired) electrons. The highest BCUT2D eigenvalue weighted by Crippen LogP contribution is 2.18. The van der Waals surface area contributed by atoms with E-state index in [-0.39, 0.29) is 11.8 Å². The van der Waals surface area contributed by atoms with Crippen LogP contribution in [0.2, 0.25) is 0 Å². The molecule has 0 aliphatic carbocycles. The van der Waals surface area contributed by atoms with Crippen molar-refractivity contribution in [1.29, 1.82) is 0 Å². The molecule has 0 fully saturated rings. The van der Waals surface area contributed by atoms with Crippen molar-refractivity contribution in [1.82, 2.24) is 20.1 Å². The molecule has 0 spiro atoms. The van der Waals surface area contributed by atoms with E-state index in [1.165, 1.54) is 17.1 Å². The van der Waals surface area contributed by atoms with Gasteiger partial charge in [0.05, 0.1) is 30.3 Å². The van der Waals surface area contributed by atoms with Gasteiger partial charge in [-0.25, -0.2) is 0 Å². The first-order valence-electron chi connectivity index (χ1n) is 8.04. The third kappa shape index (κ3) is 3.80. The Bertz CT molecular complexity index is 885. The maximum Gasteiger partial charge on any atom is 0.257 e. The summed E-state index contributed by atoms with van der Waals surface area (Å²) in [5, 5.41) is 9.75. The highest BCUT2D eigenvalue weighted by molar-refractivity contribution is 6.03. The number of hydrogen-bond donors (Lipinski definition) is 2. The molecule has 0 bridgehead atoms. The molecule has 3 aromatic rings. The quantitative estimate of drug-likeness (QED) is 0.707. The minimum atomic E-state index is -0.941. The van der Waals surface area contributed by atoms with Crippen LogP contribution in [-0.4, -0.2) is 26.6 Å². The summed E-state index contributed by atoms with van der Waals surface area (Å²) in [5.41, 5.74) is -0.00869. The van der Waals surface area contributed by atoms with Crippen molar-refractivity contribution < 1.29 is 14.0 Å². The largest absolute Gasteiger partial charge is 0.467 e. The summed E-state index contributed by atoms with van der Waals surface area (Å²) in [6.07, 6.45) is 7.73. The molecule has 3 aromatic heterocycles. The van der Waals surface area contributed by atoms with Gasteiger partial charge in [0.1, 0.15) is 11.3 Å². The number of furan rings is 1. The summed E-state index contributed by atoms with van der Waals surface area (Å²) in [7, 11) is 0. The Morgan fingerprint density at radius 3 is 2.77 bits per heavy atom. The fraction of sp³-hybridized carbons (Fsp3) is 0.222. The Morgan fingerprint density at radius 2 is 2.08 bits per heavy atom. The van der Waals surface area contributed by atoms with Crippen molar-refractivity contribution in [3.8, 4) is 0 Å². The normalized spacial score (nSPS) is 11.2. The molecule has 0 aliphatic rings. The van der Waals surface area contributed by atoms with Crippen molar-refractivity contribution >= 4 is 17.5 Å². The highest BCUT2D eigenvalue weighted by Gasteiger charge is 2.30. The number of rotatable bonds is 6. The summed E-state index contributed by atoms with van der Waals surface area (Å²) >= 11 is 0. The standard InChI is InChI=1S/C18H19N5O3/c1-18(2,17(25)20-11-15-6-4-8-26-15)23-12-14(10-21-23)22-16(24)13-5-3-7-19-9-13/h3-10,12H,11H2,1-2H3,(H,20,25)(H,22,24). The third-order valence-electron chi connectivity index (χ3n) is 3.90. The minimum Gasteiger partial charge on any atom is -0.467 e. The van der Waals surface area contributed by atoms with Crippen molar-refractivity contribution in [3.05, 3.63) is 66.6 Å². The highest BCUT2D eigenvalue weighted by atomic mass is 16.3. The number of aromatic nitrogens is 3. The smallest absolute Gasteiger partial charge is 0.257 e. The van der Waals surface area contributed by atoms with Crippen LogP contribution in [-0.2, 0) is 16.9 Å². The van der Waals surface area contributed by atoms with E-state index >= 15 is 0 Å². The molecule has 0 aliphatic heterocycles. The van der Waals surface area contributed by atoms with Gasteiger partial charge in [-0.1, -0.05) is 0 Å². The Balaban J connectivity index is 1.65. The second kappa shape index (κ2) is 7.22. The molecule has 8 nitrogen and oxygen atoms in total. The maximum atomic E-state index is 12.5.